The first-order chi connectivity index (χ1) is 17.9. The minimum absolute atomic E-state index is 0.0196. The Morgan fingerprint density at radius 2 is 1.51 bits per heavy atom. The molecule has 1 aromatic heterocycles. The molecular weight excluding hydrogens is 470 g/mol. The van der Waals surface area contributed by atoms with Gasteiger partial charge in [0, 0.05) is 54.9 Å². The molecule has 4 aromatic rings. The second kappa shape index (κ2) is 9.06. The van der Waals surface area contributed by atoms with E-state index in [-0.39, 0.29) is 28.2 Å². The van der Waals surface area contributed by atoms with E-state index in [1.54, 1.807) is 24.3 Å². The van der Waals surface area contributed by atoms with Crippen LogP contribution in [0.2, 0.25) is 0 Å². The third-order valence-corrected chi connectivity index (χ3v) is 7.26. The van der Waals surface area contributed by atoms with Crippen LogP contribution in [-0.2, 0) is 0 Å². The number of rotatable bonds is 5. The summed E-state index contributed by atoms with van der Waals surface area (Å²) in [6.45, 7) is 5.59. The third kappa shape index (κ3) is 4.04. The summed E-state index contributed by atoms with van der Waals surface area (Å²) >= 11 is 0. The SMILES string of the molecule is CN1CCN(CCOc2ccc(-n3c4c(c5ccc(O)cc5c3=O)C(=O)c3cc(O)ccc3-4)cc2)CC1. The summed E-state index contributed by atoms with van der Waals surface area (Å²) < 4.78 is 7.47. The van der Waals surface area contributed by atoms with E-state index >= 15 is 0 Å². The van der Waals surface area contributed by atoms with E-state index in [2.05, 4.69) is 16.8 Å². The van der Waals surface area contributed by atoms with Gasteiger partial charge in [-0.2, -0.15) is 0 Å². The molecule has 3 aromatic carbocycles. The van der Waals surface area contributed by atoms with Gasteiger partial charge in [0.25, 0.3) is 5.56 Å². The van der Waals surface area contributed by atoms with Crippen molar-refractivity contribution in [1.82, 2.24) is 14.4 Å². The monoisotopic (exact) mass is 497 g/mol. The van der Waals surface area contributed by atoms with Gasteiger partial charge in [0.1, 0.15) is 23.9 Å². The highest BCUT2D eigenvalue weighted by atomic mass is 16.5. The summed E-state index contributed by atoms with van der Waals surface area (Å²) in [5.41, 5.74) is 2.01. The smallest absolute Gasteiger partial charge is 0.263 e. The first kappa shape index (κ1) is 23.3. The number of benzene rings is 3. The number of fused-ring (bicyclic) bond motifs is 5. The van der Waals surface area contributed by atoms with Crippen LogP contribution in [0.3, 0.4) is 0 Å². The Morgan fingerprint density at radius 3 is 2.27 bits per heavy atom. The van der Waals surface area contributed by atoms with Gasteiger partial charge in [0.2, 0.25) is 0 Å². The summed E-state index contributed by atoms with van der Waals surface area (Å²) in [6.07, 6.45) is 0. The molecule has 2 heterocycles. The Labute approximate surface area is 213 Å². The van der Waals surface area contributed by atoms with Crippen molar-refractivity contribution in [1.29, 1.82) is 0 Å². The molecule has 0 unspecified atom stereocenters. The maximum absolute atomic E-state index is 13.7. The molecule has 0 saturated carbocycles. The number of piperazine rings is 1. The second-order valence-corrected chi connectivity index (χ2v) is 9.64. The molecule has 8 nitrogen and oxygen atoms in total. The van der Waals surface area contributed by atoms with Crippen LogP contribution in [0.5, 0.6) is 17.2 Å². The number of ketones is 1. The number of likely N-dealkylation sites (N-methyl/N-ethyl adjacent to an activating group) is 1. The molecule has 8 heteroatoms. The molecule has 0 bridgehead atoms. The molecule has 188 valence electrons. The van der Waals surface area contributed by atoms with Gasteiger partial charge < -0.3 is 19.8 Å². The number of pyridine rings is 1. The number of aromatic nitrogens is 1. The molecule has 2 N–H and O–H groups in total. The first-order valence-electron chi connectivity index (χ1n) is 12.3. The lowest BCUT2D eigenvalue weighted by molar-refractivity contribution is 0.104. The predicted molar refractivity (Wildman–Crippen MR) is 141 cm³/mol. The third-order valence-electron chi connectivity index (χ3n) is 7.26. The van der Waals surface area contributed by atoms with Gasteiger partial charge in [0.05, 0.1) is 16.6 Å². The molecule has 1 aliphatic heterocycles. The molecule has 0 amide bonds. The highest BCUT2D eigenvalue weighted by Crippen LogP contribution is 2.42. The van der Waals surface area contributed by atoms with E-state index in [1.807, 2.05) is 12.1 Å². The number of phenolic OH excluding ortho intramolecular Hbond substituents is 2. The maximum atomic E-state index is 13.7. The Balaban J connectivity index is 1.37. The van der Waals surface area contributed by atoms with E-state index in [0.29, 0.717) is 45.8 Å². The number of nitrogens with zero attached hydrogens (tertiary/aromatic N) is 3. The van der Waals surface area contributed by atoms with Crippen LogP contribution in [-0.4, -0.2) is 76.7 Å². The predicted octanol–water partition coefficient (Wildman–Crippen LogP) is 3.24. The molecular formula is C29H27N3O5. The van der Waals surface area contributed by atoms with E-state index in [1.165, 1.54) is 28.8 Å². The van der Waals surface area contributed by atoms with Crippen LogP contribution in [0.25, 0.3) is 27.7 Å². The fraction of sp³-hybridized carbons (Fsp3) is 0.241. The maximum Gasteiger partial charge on any atom is 0.263 e. The zero-order chi connectivity index (χ0) is 25.7. The summed E-state index contributed by atoms with van der Waals surface area (Å²) in [5, 5.41) is 20.8. The van der Waals surface area contributed by atoms with Crippen LogP contribution >= 0.6 is 0 Å². The fourth-order valence-electron chi connectivity index (χ4n) is 5.24. The van der Waals surface area contributed by atoms with E-state index < -0.39 is 0 Å². The van der Waals surface area contributed by atoms with Crippen molar-refractivity contribution in [2.75, 3.05) is 46.4 Å². The van der Waals surface area contributed by atoms with Crippen LogP contribution < -0.4 is 10.3 Å². The first-order valence-corrected chi connectivity index (χ1v) is 12.3. The Morgan fingerprint density at radius 1 is 0.811 bits per heavy atom. The van der Waals surface area contributed by atoms with Crippen molar-refractivity contribution in [3.8, 4) is 34.2 Å². The molecule has 2 aliphatic rings. The number of hydrogen-bond acceptors (Lipinski definition) is 7. The number of carbonyl (C=O) groups excluding carboxylic acids is 1. The van der Waals surface area contributed by atoms with Crippen LogP contribution in [0, 0.1) is 0 Å². The Hall–Kier alpha value is -4.14. The zero-order valence-corrected chi connectivity index (χ0v) is 20.5. The van der Waals surface area contributed by atoms with Gasteiger partial charge in [-0.1, -0.05) is 0 Å². The molecule has 1 aliphatic carbocycles. The highest BCUT2D eigenvalue weighted by molar-refractivity contribution is 6.27. The van der Waals surface area contributed by atoms with E-state index in [4.69, 9.17) is 4.74 Å². The van der Waals surface area contributed by atoms with E-state index in [0.717, 1.165) is 32.7 Å². The summed E-state index contributed by atoms with van der Waals surface area (Å²) in [6, 6.07) is 16.3. The van der Waals surface area contributed by atoms with Crippen molar-refractivity contribution in [3.63, 3.8) is 0 Å². The number of carbonyl (C=O) groups is 1. The van der Waals surface area contributed by atoms with Crippen molar-refractivity contribution in [2.24, 2.45) is 0 Å². The summed E-state index contributed by atoms with van der Waals surface area (Å²) in [4.78, 5) is 31.9. The van der Waals surface area contributed by atoms with Crippen molar-refractivity contribution >= 4 is 16.6 Å². The summed E-state index contributed by atoms with van der Waals surface area (Å²) in [7, 11) is 2.13. The van der Waals surface area contributed by atoms with Gasteiger partial charge in [-0.25, -0.2) is 0 Å². The van der Waals surface area contributed by atoms with Gasteiger partial charge in [-0.3, -0.25) is 19.1 Å². The number of phenols is 2. The Bertz CT molecular complexity index is 1580. The average molecular weight is 498 g/mol. The lowest BCUT2D eigenvalue weighted by Gasteiger charge is -2.32. The normalized spacial score (nSPS) is 15.6. The van der Waals surface area contributed by atoms with Crippen LogP contribution in [0.15, 0.2) is 65.5 Å². The largest absolute Gasteiger partial charge is 0.508 e. The number of hydrogen-bond donors (Lipinski definition) is 2. The van der Waals surface area contributed by atoms with Gasteiger partial charge in [-0.05, 0) is 67.7 Å². The number of aromatic hydroxyl groups is 2. The lowest BCUT2D eigenvalue weighted by Crippen LogP contribution is -2.45. The summed E-state index contributed by atoms with van der Waals surface area (Å²) in [5.74, 6) is 0.353. The molecule has 1 fully saturated rings. The highest BCUT2D eigenvalue weighted by Gasteiger charge is 2.33. The van der Waals surface area contributed by atoms with E-state index in [9.17, 15) is 19.8 Å². The molecule has 0 radical (unpaired) electrons. The average Bonchev–Trinajstić information content (AvgIpc) is 3.17. The topological polar surface area (TPSA) is 95.2 Å². The molecule has 0 spiro atoms. The standard InChI is InChI=1S/C29H27N3O5/c1-30-10-12-31(13-11-30)14-15-37-21-6-2-18(3-7-21)32-27-23-9-5-19(33)16-24(23)28(35)26(27)22-8-4-20(34)17-25(22)29(32)36/h2-9,16-17,33-34H,10-15H2,1H3. The molecule has 6 rings (SSSR count). The Kier molecular flexibility index (Phi) is 5.70. The minimum atomic E-state index is -0.345. The van der Waals surface area contributed by atoms with Gasteiger partial charge in [-0.15, -0.1) is 0 Å². The van der Waals surface area contributed by atoms with Gasteiger partial charge >= 0.3 is 0 Å². The van der Waals surface area contributed by atoms with Crippen LogP contribution in [0.4, 0.5) is 0 Å². The second-order valence-electron chi connectivity index (χ2n) is 9.64. The van der Waals surface area contributed by atoms with Gasteiger partial charge in [0.15, 0.2) is 5.78 Å². The fourth-order valence-corrected chi connectivity index (χ4v) is 5.24. The van der Waals surface area contributed by atoms with Crippen molar-refractivity contribution in [3.05, 3.63) is 82.1 Å². The van der Waals surface area contributed by atoms with Crippen molar-refractivity contribution < 1.29 is 19.7 Å². The van der Waals surface area contributed by atoms with Crippen molar-refractivity contribution in [2.45, 2.75) is 0 Å². The lowest BCUT2D eigenvalue weighted by atomic mass is 10.0. The minimum Gasteiger partial charge on any atom is -0.508 e. The zero-order valence-electron chi connectivity index (χ0n) is 20.5. The number of ether oxygens (including phenoxy) is 1. The molecule has 0 atom stereocenters. The molecule has 37 heavy (non-hydrogen) atoms. The quantitative estimate of drug-likeness (QED) is 0.385. The molecule has 1 saturated heterocycles. The van der Waals surface area contributed by atoms with Crippen LogP contribution in [0.1, 0.15) is 15.9 Å².